The Balaban J connectivity index is 1.68. The van der Waals surface area contributed by atoms with Crippen molar-refractivity contribution in [1.82, 2.24) is 9.80 Å². The minimum atomic E-state index is -4.40. The van der Waals surface area contributed by atoms with Gasteiger partial charge in [0, 0.05) is 26.2 Å². The first-order valence-corrected chi connectivity index (χ1v) is 8.97. The molecule has 0 unspecified atom stereocenters. The summed E-state index contributed by atoms with van der Waals surface area (Å²) < 4.78 is 77.3. The Morgan fingerprint density at radius 1 is 0.536 bits per heavy atom. The number of halogens is 6. The third-order valence-electron chi connectivity index (χ3n) is 5.59. The summed E-state index contributed by atoms with van der Waals surface area (Å²) in [6, 6.07) is 9.80. The van der Waals surface area contributed by atoms with E-state index in [-0.39, 0.29) is 12.1 Å². The highest BCUT2D eigenvalue weighted by Crippen LogP contribution is 2.45. The molecule has 2 bridgehead atoms. The lowest BCUT2D eigenvalue weighted by Crippen LogP contribution is -2.58. The maximum atomic E-state index is 12.9. The summed E-state index contributed by atoms with van der Waals surface area (Å²) in [7, 11) is 0. The van der Waals surface area contributed by atoms with Gasteiger partial charge in [0.15, 0.2) is 0 Å². The van der Waals surface area contributed by atoms with E-state index < -0.39 is 23.5 Å². The van der Waals surface area contributed by atoms with Crippen LogP contribution in [0, 0.1) is 0 Å². The van der Waals surface area contributed by atoms with Crippen LogP contribution in [0.25, 0.3) is 0 Å². The number of benzene rings is 2. The van der Waals surface area contributed by atoms with Crippen LogP contribution in [0.3, 0.4) is 0 Å². The van der Waals surface area contributed by atoms with Gasteiger partial charge in [-0.05, 0) is 35.4 Å². The SMILES string of the molecule is FC(F)(F)c1ccc([C@H]2[C@H](c3ccc(C(F)(F)F)cc3)N3CCN2CC3)cc1. The number of nitrogens with zero attached hydrogens (tertiary/aromatic N) is 2. The molecule has 2 aromatic carbocycles. The highest BCUT2D eigenvalue weighted by atomic mass is 19.4. The Labute approximate surface area is 158 Å². The average molecular weight is 400 g/mol. The van der Waals surface area contributed by atoms with Crippen LogP contribution in [0.5, 0.6) is 0 Å². The van der Waals surface area contributed by atoms with E-state index in [1.807, 2.05) is 0 Å². The second kappa shape index (κ2) is 6.77. The van der Waals surface area contributed by atoms with E-state index in [1.54, 1.807) is 0 Å². The van der Waals surface area contributed by atoms with Gasteiger partial charge in [0.2, 0.25) is 0 Å². The zero-order valence-corrected chi connectivity index (χ0v) is 14.8. The van der Waals surface area contributed by atoms with Crippen molar-refractivity contribution >= 4 is 0 Å². The molecule has 3 fully saturated rings. The van der Waals surface area contributed by atoms with E-state index in [4.69, 9.17) is 0 Å². The van der Waals surface area contributed by atoms with Crippen molar-refractivity contribution in [2.24, 2.45) is 0 Å². The molecule has 3 aliphatic rings. The normalized spacial score (nSPS) is 27.8. The largest absolute Gasteiger partial charge is 0.416 e. The van der Waals surface area contributed by atoms with E-state index in [2.05, 4.69) is 9.80 Å². The van der Waals surface area contributed by atoms with Crippen LogP contribution in [0.1, 0.15) is 34.3 Å². The van der Waals surface area contributed by atoms with Crippen LogP contribution in [0.15, 0.2) is 48.5 Å². The van der Waals surface area contributed by atoms with Crippen molar-refractivity contribution in [3.8, 4) is 0 Å². The first-order chi connectivity index (χ1) is 13.1. The van der Waals surface area contributed by atoms with Crippen molar-refractivity contribution in [3.05, 3.63) is 70.8 Å². The van der Waals surface area contributed by atoms with E-state index >= 15 is 0 Å². The maximum absolute atomic E-state index is 12.9. The lowest BCUT2D eigenvalue weighted by molar-refractivity contribution is -0.138. The average Bonchev–Trinajstić information content (AvgIpc) is 2.67. The van der Waals surface area contributed by atoms with E-state index in [1.165, 1.54) is 24.3 Å². The van der Waals surface area contributed by atoms with E-state index in [0.717, 1.165) is 61.6 Å². The highest BCUT2D eigenvalue weighted by molar-refractivity contribution is 5.34. The molecule has 0 spiro atoms. The van der Waals surface area contributed by atoms with Crippen LogP contribution < -0.4 is 0 Å². The minimum absolute atomic E-state index is 0.193. The lowest BCUT2D eigenvalue weighted by Gasteiger charge is -2.53. The Hall–Kier alpha value is -2.06. The highest BCUT2D eigenvalue weighted by Gasteiger charge is 2.42. The van der Waals surface area contributed by atoms with E-state index in [9.17, 15) is 26.3 Å². The smallest absolute Gasteiger partial charge is 0.292 e. The molecule has 5 rings (SSSR count). The molecule has 0 saturated carbocycles. The van der Waals surface area contributed by atoms with Gasteiger partial charge >= 0.3 is 12.4 Å². The van der Waals surface area contributed by atoms with Crippen LogP contribution >= 0.6 is 0 Å². The lowest BCUT2D eigenvalue weighted by atomic mass is 9.86. The quantitative estimate of drug-likeness (QED) is 0.645. The fourth-order valence-corrected chi connectivity index (χ4v) is 4.22. The Morgan fingerprint density at radius 3 is 1.07 bits per heavy atom. The molecule has 2 nitrogen and oxygen atoms in total. The van der Waals surface area contributed by atoms with Crippen LogP contribution in [0.4, 0.5) is 26.3 Å². The number of hydrogen-bond acceptors (Lipinski definition) is 2. The molecule has 3 aliphatic heterocycles. The molecule has 3 saturated heterocycles. The molecule has 2 atom stereocenters. The standard InChI is InChI=1S/C20H18F6N2/c21-19(22,23)15-5-1-13(2-6-15)17-18(28-11-9-27(17)10-12-28)14-3-7-16(8-4-14)20(24,25)26/h1-8,17-18H,9-12H2/t17-,18-/m0/s1. The summed E-state index contributed by atoms with van der Waals surface area (Å²) in [5.74, 6) is 0. The number of fused-ring (bicyclic) bond motifs is 3. The summed E-state index contributed by atoms with van der Waals surface area (Å²) in [6.07, 6.45) is -8.80. The second-order valence-corrected chi connectivity index (χ2v) is 7.20. The Morgan fingerprint density at radius 2 is 0.821 bits per heavy atom. The number of piperazine rings is 3. The molecule has 0 N–H and O–H groups in total. The van der Waals surface area contributed by atoms with Gasteiger partial charge < -0.3 is 0 Å². The first kappa shape index (κ1) is 19.3. The summed E-state index contributed by atoms with van der Waals surface area (Å²) in [6.45, 7) is 3.12. The predicted molar refractivity (Wildman–Crippen MR) is 91.5 cm³/mol. The monoisotopic (exact) mass is 400 g/mol. The zero-order chi connectivity index (χ0) is 20.1. The van der Waals surface area contributed by atoms with Crippen molar-refractivity contribution in [2.75, 3.05) is 26.2 Å². The fourth-order valence-electron chi connectivity index (χ4n) is 4.22. The molecule has 2 aromatic rings. The summed E-state index contributed by atoms with van der Waals surface area (Å²) >= 11 is 0. The summed E-state index contributed by atoms with van der Waals surface area (Å²) in [4.78, 5) is 4.40. The molecular weight excluding hydrogens is 382 g/mol. The first-order valence-electron chi connectivity index (χ1n) is 8.97. The molecule has 0 aliphatic carbocycles. The maximum Gasteiger partial charge on any atom is 0.416 e. The topological polar surface area (TPSA) is 6.48 Å². The van der Waals surface area contributed by atoms with Crippen molar-refractivity contribution in [1.29, 1.82) is 0 Å². The molecule has 0 aromatic heterocycles. The molecule has 8 heteroatoms. The van der Waals surface area contributed by atoms with Gasteiger partial charge in [-0.2, -0.15) is 26.3 Å². The van der Waals surface area contributed by atoms with Crippen LogP contribution in [0.2, 0.25) is 0 Å². The number of alkyl halides is 6. The Bertz CT molecular complexity index is 746. The van der Waals surface area contributed by atoms with Crippen molar-refractivity contribution < 1.29 is 26.3 Å². The third kappa shape index (κ3) is 3.51. The Kier molecular flexibility index (Phi) is 4.66. The zero-order valence-electron chi connectivity index (χ0n) is 14.8. The molecule has 150 valence electrons. The number of rotatable bonds is 2. The summed E-state index contributed by atoms with van der Waals surface area (Å²) in [5, 5.41) is 0. The summed E-state index contributed by atoms with van der Waals surface area (Å²) in [5.41, 5.74) is 0.0572. The molecule has 0 amide bonds. The minimum Gasteiger partial charge on any atom is -0.292 e. The molecular formula is C20H18F6N2. The van der Waals surface area contributed by atoms with Gasteiger partial charge in [-0.3, -0.25) is 9.80 Å². The van der Waals surface area contributed by atoms with Gasteiger partial charge in [0.05, 0.1) is 23.2 Å². The van der Waals surface area contributed by atoms with Gasteiger partial charge in [0.1, 0.15) is 0 Å². The second-order valence-electron chi connectivity index (χ2n) is 7.20. The van der Waals surface area contributed by atoms with Crippen LogP contribution in [-0.2, 0) is 12.4 Å². The molecule has 0 radical (unpaired) electrons. The van der Waals surface area contributed by atoms with Gasteiger partial charge in [-0.25, -0.2) is 0 Å². The number of hydrogen-bond donors (Lipinski definition) is 0. The van der Waals surface area contributed by atoms with E-state index in [0.29, 0.717) is 0 Å². The van der Waals surface area contributed by atoms with Crippen LogP contribution in [-0.4, -0.2) is 36.0 Å². The predicted octanol–water partition coefficient (Wildman–Crippen LogP) is 5.14. The van der Waals surface area contributed by atoms with Crippen molar-refractivity contribution in [2.45, 2.75) is 24.4 Å². The van der Waals surface area contributed by atoms with Crippen molar-refractivity contribution in [3.63, 3.8) is 0 Å². The van der Waals surface area contributed by atoms with Gasteiger partial charge in [-0.1, -0.05) is 24.3 Å². The molecule has 3 heterocycles. The van der Waals surface area contributed by atoms with Gasteiger partial charge in [-0.15, -0.1) is 0 Å². The fraction of sp³-hybridized carbons (Fsp3) is 0.400. The van der Waals surface area contributed by atoms with Gasteiger partial charge in [0.25, 0.3) is 0 Å². The third-order valence-corrected chi connectivity index (χ3v) is 5.59. The molecule has 28 heavy (non-hydrogen) atoms.